The zero-order chi connectivity index (χ0) is 21.4. The minimum Gasteiger partial charge on any atom is -0.374 e. The van der Waals surface area contributed by atoms with Gasteiger partial charge in [0.1, 0.15) is 17.2 Å². The highest BCUT2D eigenvalue weighted by atomic mass is 16.1. The highest BCUT2D eigenvalue weighted by molar-refractivity contribution is 5.60. The number of hydrogen-bond donors (Lipinski definition) is 1. The molecule has 4 heterocycles. The summed E-state index contributed by atoms with van der Waals surface area (Å²) in [6.07, 6.45) is 7.04. The molecule has 0 radical (unpaired) electrons. The average Bonchev–Trinajstić information content (AvgIpc) is 2.74. The third-order valence-corrected chi connectivity index (χ3v) is 5.91. The van der Waals surface area contributed by atoms with Gasteiger partial charge in [0, 0.05) is 38.1 Å². The lowest BCUT2D eigenvalue weighted by atomic mass is 10.1. The molecule has 1 aliphatic heterocycles. The van der Waals surface area contributed by atoms with Gasteiger partial charge in [-0.15, -0.1) is 0 Å². The summed E-state index contributed by atoms with van der Waals surface area (Å²) in [5, 5.41) is 3.32. The quantitative estimate of drug-likeness (QED) is 0.719. The summed E-state index contributed by atoms with van der Waals surface area (Å²) < 4.78 is 3.19. The Bertz CT molecular complexity index is 1200. The number of nitrogens with zero attached hydrogens (tertiary/aromatic N) is 4. The van der Waals surface area contributed by atoms with Crippen LogP contribution in [0.1, 0.15) is 48.9 Å². The fraction of sp³-hybridized carbons (Fsp3) is 0.435. The SMILES string of the molecule is Cc1cc([C@@H](C)Nc2cccn(C)c2=O)c2nc(N3CCCCC3)c(C)c(=O)n2c1. The molecule has 1 fully saturated rings. The number of rotatable bonds is 4. The van der Waals surface area contributed by atoms with Crippen LogP contribution in [0.25, 0.3) is 5.65 Å². The van der Waals surface area contributed by atoms with Crippen LogP contribution in [0.2, 0.25) is 0 Å². The first-order chi connectivity index (χ1) is 14.4. The minimum atomic E-state index is -0.196. The van der Waals surface area contributed by atoms with Crippen LogP contribution in [0, 0.1) is 13.8 Å². The molecule has 0 saturated carbocycles. The lowest BCUT2D eigenvalue weighted by Crippen LogP contribution is -2.34. The van der Waals surface area contributed by atoms with Gasteiger partial charge in [0.25, 0.3) is 11.1 Å². The normalized spacial score (nSPS) is 15.4. The number of pyridine rings is 2. The van der Waals surface area contributed by atoms with Crippen molar-refractivity contribution >= 4 is 17.2 Å². The van der Waals surface area contributed by atoms with E-state index in [1.54, 1.807) is 28.3 Å². The Morgan fingerprint density at radius 2 is 1.83 bits per heavy atom. The monoisotopic (exact) mass is 407 g/mol. The van der Waals surface area contributed by atoms with Crippen LogP contribution in [0.15, 0.2) is 40.2 Å². The van der Waals surface area contributed by atoms with Crippen LogP contribution in [0.3, 0.4) is 0 Å². The lowest BCUT2D eigenvalue weighted by Gasteiger charge is -2.29. The molecule has 0 aromatic carbocycles. The molecule has 0 aliphatic carbocycles. The summed E-state index contributed by atoms with van der Waals surface area (Å²) in [4.78, 5) is 32.8. The highest BCUT2D eigenvalue weighted by Gasteiger charge is 2.21. The average molecular weight is 408 g/mol. The molecule has 30 heavy (non-hydrogen) atoms. The molecule has 0 amide bonds. The number of aromatic nitrogens is 3. The zero-order valence-electron chi connectivity index (χ0n) is 18.1. The first-order valence-corrected chi connectivity index (χ1v) is 10.6. The minimum absolute atomic E-state index is 0.0339. The van der Waals surface area contributed by atoms with Crippen molar-refractivity contribution in [3.05, 3.63) is 68.0 Å². The molecule has 3 aromatic heterocycles. The van der Waals surface area contributed by atoms with Gasteiger partial charge in [-0.25, -0.2) is 4.98 Å². The molecule has 4 rings (SSSR count). The molecule has 1 saturated heterocycles. The second-order valence-electron chi connectivity index (χ2n) is 8.28. The van der Waals surface area contributed by atoms with Crippen molar-refractivity contribution in [3.8, 4) is 0 Å². The summed E-state index contributed by atoms with van der Waals surface area (Å²) in [5.74, 6) is 0.785. The molecular formula is C23H29N5O2. The first-order valence-electron chi connectivity index (χ1n) is 10.6. The number of nitrogens with one attached hydrogen (secondary N) is 1. The van der Waals surface area contributed by atoms with E-state index in [0.717, 1.165) is 42.9 Å². The first kappa shape index (κ1) is 20.2. The van der Waals surface area contributed by atoms with Crippen LogP contribution in [-0.2, 0) is 7.05 Å². The Balaban J connectivity index is 1.84. The number of hydrogen-bond acceptors (Lipinski definition) is 5. The van der Waals surface area contributed by atoms with E-state index in [4.69, 9.17) is 4.98 Å². The largest absolute Gasteiger partial charge is 0.374 e. The fourth-order valence-electron chi connectivity index (χ4n) is 4.24. The van der Waals surface area contributed by atoms with E-state index in [0.29, 0.717) is 16.9 Å². The Kier molecular flexibility index (Phi) is 5.37. The number of anilines is 2. The van der Waals surface area contributed by atoms with Crippen molar-refractivity contribution in [2.75, 3.05) is 23.3 Å². The van der Waals surface area contributed by atoms with Crippen molar-refractivity contribution in [3.63, 3.8) is 0 Å². The smallest absolute Gasteiger partial charge is 0.273 e. The van der Waals surface area contributed by atoms with Crippen molar-refractivity contribution in [2.45, 2.75) is 46.1 Å². The molecule has 0 unspecified atom stereocenters. The maximum absolute atomic E-state index is 13.2. The number of aryl methyl sites for hydroxylation is 2. The Morgan fingerprint density at radius 3 is 2.57 bits per heavy atom. The van der Waals surface area contributed by atoms with Crippen LogP contribution in [-0.4, -0.2) is 27.0 Å². The van der Waals surface area contributed by atoms with Crippen molar-refractivity contribution in [1.29, 1.82) is 0 Å². The molecular weight excluding hydrogens is 378 g/mol. The maximum atomic E-state index is 13.2. The molecule has 7 nitrogen and oxygen atoms in total. The lowest BCUT2D eigenvalue weighted by molar-refractivity contribution is 0.572. The maximum Gasteiger partial charge on any atom is 0.273 e. The standard InChI is InChI=1S/C23H29N5O2/c1-15-13-18(17(3)24-19-9-8-10-26(4)23(19)30)21-25-20(27-11-6-5-7-12-27)16(2)22(29)28(21)14-15/h8-10,13-14,17,24H,5-7,11-12H2,1-4H3/t17-/m1/s1. The predicted molar refractivity (Wildman–Crippen MR) is 121 cm³/mol. The van der Waals surface area contributed by atoms with E-state index in [1.807, 2.05) is 39.1 Å². The van der Waals surface area contributed by atoms with Gasteiger partial charge in [0.2, 0.25) is 0 Å². The van der Waals surface area contributed by atoms with Gasteiger partial charge in [-0.05, 0) is 63.8 Å². The van der Waals surface area contributed by atoms with Gasteiger partial charge < -0.3 is 14.8 Å². The molecule has 158 valence electrons. The van der Waals surface area contributed by atoms with Crippen LogP contribution >= 0.6 is 0 Å². The molecule has 1 atom stereocenters. The van der Waals surface area contributed by atoms with E-state index in [2.05, 4.69) is 10.2 Å². The third kappa shape index (κ3) is 3.60. The molecule has 3 aromatic rings. The van der Waals surface area contributed by atoms with E-state index in [-0.39, 0.29) is 17.2 Å². The Labute approximate surface area is 176 Å². The highest BCUT2D eigenvalue weighted by Crippen LogP contribution is 2.26. The molecule has 0 spiro atoms. The fourth-order valence-corrected chi connectivity index (χ4v) is 4.24. The van der Waals surface area contributed by atoms with Gasteiger partial charge in [-0.2, -0.15) is 0 Å². The van der Waals surface area contributed by atoms with Crippen LogP contribution < -0.4 is 21.3 Å². The second-order valence-corrected chi connectivity index (χ2v) is 8.28. The van der Waals surface area contributed by atoms with Gasteiger partial charge >= 0.3 is 0 Å². The van der Waals surface area contributed by atoms with Gasteiger partial charge in [0.05, 0.1) is 11.6 Å². The van der Waals surface area contributed by atoms with Crippen molar-refractivity contribution < 1.29 is 0 Å². The van der Waals surface area contributed by atoms with E-state index in [9.17, 15) is 9.59 Å². The third-order valence-electron chi connectivity index (χ3n) is 5.91. The second kappa shape index (κ2) is 7.97. The van der Waals surface area contributed by atoms with Crippen molar-refractivity contribution in [1.82, 2.24) is 14.0 Å². The molecule has 7 heteroatoms. The van der Waals surface area contributed by atoms with E-state index < -0.39 is 0 Å². The van der Waals surface area contributed by atoms with E-state index >= 15 is 0 Å². The van der Waals surface area contributed by atoms with Crippen LogP contribution in [0.5, 0.6) is 0 Å². The summed E-state index contributed by atoms with van der Waals surface area (Å²) in [6.45, 7) is 7.69. The van der Waals surface area contributed by atoms with Gasteiger partial charge in [-0.1, -0.05) is 0 Å². The Hall–Kier alpha value is -3.09. The van der Waals surface area contributed by atoms with E-state index in [1.165, 1.54) is 6.42 Å². The molecule has 0 bridgehead atoms. The summed E-state index contributed by atoms with van der Waals surface area (Å²) >= 11 is 0. The summed E-state index contributed by atoms with van der Waals surface area (Å²) in [7, 11) is 1.73. The molecule has 1 aliphatic rings. The summed E-state index contributed by atoms with van der Waals surface area (Å²) in [5.41, 5.74) is 3.60. The summed E-state index contributed by atoms with van der Waals surface area (Å²) in [6, 6.07) is 5.46. The number of piperidine rings is 1. The Morgan fingerprint density at radius 1 is 1.10 bits per heavy atom. The van der Waals surface area contributed by atoms with Crippen LogP contribution in [0.4, 0.5) is 11.5 Å². The van der Waals surface area contributed by atoms with Gasteiger partial charge in [0.15, 0.2) is 0 Å². The topological polar surface area (TPSA) is 71.6 Å². The predicted octanol–water partition coefficient (Wildman–Crippen LogP) is 3.17. The van der Waals surface area contributed by atoms with Crippen molar-refractivity contribution in [2.24, 2.45) is 7.05 Å². The number of fused-ring (bicyclic) bond motifs is 1. The zero-order valence-corrected chi connectivity index (χ0v) is 18.1. The van der Waals surface area contributed by atoms with Gasteiger partial charge in [-0.3, -0.25) is 14.0 Å². The molecule has 1 N–H and O–H groups in total.